The Hall–Kier alpha value is -1.81. The van der Waals surface area contributed by atoms with Crippen LogP contribution in [-0.4, -0.2) is 16.7 Å². The summed E-state index contributed by atoms with van der Waals surface area (Å²) in [5.41, 5.74) is 13.0. The van der Waals surface area contributed by atoms with Gasteiger partial charge in [-0.2, -0.15) is 5.10 Å². The van der Waals surface area contributed by atoms with E-state index in [-0.39, 0.29) is 0 Å². The van der Waals surface area contributed by atoms with Crippen LogP contribution in [0.4, 0.5) is 5.82 Å². The average Bonchev–Trinajstić information content (AvgIpc) is 2.57. The Balaban J connectivity index is 2.47. The van der Waals surface area contributed by atoms with Gasteiger partial charge in [0.1, 0.15) is 0 Å². The van der Waals surface area contributed by atoms with Gasteiger partial charge in [-0.05, 0) is 17.7 Å². The van der Waals surface area contributed by atoms with Gasteiger partial charge in [0.05, 0.1) is 5.52 Å². The van der Waals surface area contributed by atoms with Gasteiger partial charge in [-0.15, -0.1) is 0 Å². The lowest BCUT2D eigenvalue weighted by molar-refractivity contribution is 1.13. The van der Waals surface area contributed by atoms with Crippen LogP contribution in [0, 0.1) is 0 Å². The molecule has 0 aliphatic rings. The molecule has 0 saturated carbocycles. The molecule has 0 spiro atoms. The molecule has 5 N–H and O–H groups in total. The third-order valence-corrected chi connectivity index (χ3v) is 2.06. The standard InChI is InChI=1S/C10H12N4/c11-5-1-2-7-3-4-8-9(6-7)13-14-10(8)12/h1-4,6H,5,11H2,(H3,12,13,14). The molecule has 0 saturated heterocycles. The maximum atomic E-state index is 5.65. The van der Waals surface area contributed by atoms with Crippen molar-refractivity contribution < 1.29 is 0 Å². The van der Waals surface area contributed by atoms with E-state index in [0.29, 0.717) is 12.4 Å². The highest BCUT2D eigenvalue weighted by Gasteiger charge is 2.00. The van der Waals surface area contributed by atoms with Crippen molar-refractivity contribution in [2.24, 2.45) is 5.73 Å². The Morgan fingerprint density at radius 1 is 1.43 bits per heavy atom. The van der Waals surface area contributed by atoms with E-state index >= 15 is 0 Å². The Kier molecular flexibility index (Phi) is 2.20. The van der Waals surface area contributed by atoms with Crippen molar-refractivity contribution in [3.8, 4) is 0 Å². The summed E-state index contributed by atoms with van der Waals surface area (Å²) in [6.07, 6.45) is 3.87. The van der Waals surface area contributed by atoms with E-state index in [1.54, 1.807) is 0 Å². The Morgan fingerprint density at radius 3 is 3.07 bits per heavy atom. The van der Waals surface area contributed by atoms with Crippen LogP contribution in [0.3, 0.4) is 0 Å². The van der Waals surface area contributed by atoms with Gasteiger partial charge in [0.15, 0.2) is 5.82 Å². The van der Waals surface area contributed by atoms with E-state index in [2.05, 4.69) is 10.2 Å². The number of aromatic amines is 1. The molecule has 14 heavy (non-hydrogen) atoms. The predicted molar refractivity (Wildman–Crippen MR) is 58.6 cm³/mol. The zero-order chi connectivity index (χ0) is 9.97. The molecule has 0 aliphatic carbocycles. The van der Waals surface area contributed by atoms with Crippen LogP contribution in [0.1, 0.15) is 5.56 Å². The second kappa shape index (κ2) is 3.51. The molecule has 2 aromatic rings. The Labute approximate surface area is 81.6 Å². The highest BCUT2D eigenvalue weighted by atomic mass is 15.1. The number of nitrogens with zero attached hydrogens (tertiary/aromatic N) is 1. The summed E-state index contributed by atoms with van der Waals surface area (Å²) in [7, 11) is 0. The lowest BCUT2D eigenvalue weighted by Gasteiger charge is -1.93. The summed E-state index contributed by atoms with van der Waals surface area (Å²) < 4.78 is 0. The number of nitrogen functional groups attached to an aromatic ring is 1. The van der Waals surface area contributed by atoms with Gasteiger partial charge in [0.25, 0.3) is 0 Å². The largest absolute Gasteiger partial charge is 0.382 e. The molecular weight excluding hydrogens is 176 g/mol. The van der Waals surface area contributed by atoms with Crippen molar-refractivity contribution in [1.82, 2.24) is 10.2 Å². The van der Waals surface area contributed by atoms with Crippen LogP contribution in [-0.2, 0) is 0 Å². The number of anilines is 1. The summed E-state index contributed by atoms with van der Waals surface area (Å²) in [5.74, 6) is 0.536. The lowest BCUT2D eigenvalue weighted by atomic mass is 10.1. The number of hydrogen-bond acceptors (Lipinski definition) is 3. The third-order valence-electron chi connectivity index (χ3n) is 2.06. The molecular formula is C10H12N4. The fraction of sp³-hybridized carbons (Fsp3) is 0.100. The molecule has 2 rings (SSSR count). The number of benzene rings is 1. The first kappa shape index (κ1) is 8.77. The number of fused-ring (bicyclic) bond motifs is 1. The lowest BCUT2D eigenvalue weighted by Crippen LogP contribution is -1.91. The number of nitrogens with one attached hydrogen (secondary N) is 1. The average molecular weight is 188 g/mol. The Morgan fingerprint density at radius 2 is 2.29 bits per heavy atom. The van der Waals surface area contributed by atoms with Crippen LogP contribution >= 0.6 is 0 Å². The second-order valence-electron chi connectivity index (χ2n) is 3.05. The first-order chi connectivity index (χ1) is 6.81. The van der Waals surface area contributed by atoms with Crippen molar-refractivity contribution in [2.75, 3.05) is 12.3 Å². The topological polar surface area (TPSA) is 80.7 Å². The highest BCUT2D eigenvalue weighted by molar-refractivity contribution is 5.89. The number of rotatable bonds is 2. The monoisotopic (exact) mass is 188 g/mol. The van der Waals surface area contributed by atoms with Crippen LogP contribution in [0.25, 0.3) is 17.0 Å². The van der Waals surface area contributed by atoms with E-state index < -0.39 is 0 Å². The van der Waals surface area contributed by atoms with E-state index in [9.17, 15) is 0 Å². The van der Waals surface area contributed by atoms with Crippen molar-refractivity contribution in [3.63, 3.8) is 0 Å². The molecule has 1 aromatic heterocycles. The van der Waals surface area contributed by atoms with Crippen molar-refractivity contribution in [3.05, 3.63) is 29.8 Å². The minimum Gasteiger partial charge on any atom is -0.382 e. The molecule has 0 amide bonds. The summed E-state index contributed by atoms with van der Waals surface area (Å²) in [4.78, 5) is 0. The van der Waals surface area contributed by atoms with Gasteiger partial charge in [-0.1, -0.05) is 18.2 Å². The van der Waals surface area contributed by atoms with Gasteiger partial charge in [0.2, 0.25) is 0 Å². The van der Waals surface area contributed by atoms with Crippen molar-refractivity contribution in [1.29, 1.82) is 0 Å². The van der Waals surface area contributed by atoms with Crippen LogP contribution < -0.4 is 11.5 Å². The number of aromatic nitrogens is 2. The Bertz CT molecular complexity index is 470. The summed E-state index contributed by atoms with van der Waals surface area (Å²) >= 11 is 0. The zero-order valence-electron chi connectivity index (χ0n) is 7.70. The molecule has 1 aromatic carbocycles. The second-order valence-corrected chi connectivity index (χ2v) is 3.05. The zero-order valence-corrected chi connectivity index (χ0v) is 7.70. The van der Waals surface area contributed by atoms with Gasteiger partial charge in [-0.25, -0.2) is 0 Å². The van der Waals surface area contributed by atoms with E-state index in [1.807, 2.05) is 30.4 Å². The molecule has 4 heteroatoms. The molecule has 72 valence electrons. The quantitative estimate of drug-likeness (QED) is 0.660. The summed E-state index contributed by atoms with van der Waals surface area (Å²) in [6, 6.07) is 5.93. The number of nitrogens with two attached hydrogens (primary N) is 2. The van der Waals surface area contributed by atoms with Crippen molar-refractivity contribution in [2.45, 2.75) is 0 Å². The van der Waals surface area contributed by atoms with E-state index in [4.69, 9.17) is 11.5 Å². The minimum absolute atomic E-state index is 0.536. The molecule has 0 bridgehead atoms. The summed E-state index contributed by atoms with van der Waals surface area (Å²) in [6.45, 7) is 0.545. The van der Waals surface area contributed by atoms with Gasteiger partial charge >= 0.3 is 0 Å². The molecule has 0 unspecified atom stereocenters. The minimum atomic E-state index is 0.536. The molecule has 1 heterocycles. The normalized spacial score (nSPS) is 11.5. The van der Waals surface area contributed by atoms with Crippen LogP contribution in [0.15, 0.2) is 24.3 Å². The van der Waals surface area contributed by atoms with Gasteiger partial charge in [-0.3, -0.25) is 5.10 Å². The number of H-pyrrole nitrogens is 1. The SMILES string of the molecule is NCC=Cc1ccc2c(N)n[nH]c2c1. The molecule has 0 fully saturated rings. The molecule has 0 aliphatic heterocycles. The number of hydrogen-bond donors (Lipinski definition) is 3. The fourth-order valence-corrected chi connectivity index (χ4v) is 1.37. The predicted octanol–water partition coefficient (Wildman–Crippen LogP) is 1.12. The van der Waals surface area contributed by atoms with E-state index in [0.717, 1.165) is 16.5 Å². The maximum absolute atomic E-state index is 5.65. The first-order valence-electron chi connectivity index (χ1n) is 4.41. The highest BCUT2D eigenvalue weighted by Crippen LogP contribution is 2.19. The maximum Gasteiger partial charge on any atom is 0.153 e. The van der Waals surface area contributed by atoms with Crippen LogP contribution in [0.5, 0.6) is 0 Å². The fourth-order valence-electron chi connectivity index (χ4n) is 1.37. The molecule has 4 nitrogen and oxygen atoms in total. The van der Waals surface area contributed by atoms with Crippen molar-refractivity contribution >= 4 is 22.8 Å². The van der Waals surface area contributed by atoms with E-state index in [1.165, 1.54) is 0 Å². The summed E-state index contributed by atoms with van der Waals surface area (Å²) in [5, 5.41) is 7.74. The van der Waals surface area contributed by atoms with Crippen LogP contribution in [0.2, 0.25) is 0 Å². The molecule has 0 atom stereocenters. The molecule has 0 radical (unpaired) electrons. The van der Waals surface area contributed by atoms with Gasteiger partial charge < -0.3 is 11.5 Å². The first-order valence-corrected chi connectivity index (χ1v) is 4.41. The van der Waals surface area contributed by atoms with Gasteiger partial charge in [0, 0.05) is 11.9 Å². The smallest absolute Gasteiger partial charge is 0.153 e. The third kappa shape index (κ3) is 1.47.